The molecule has 0 saturated heterocycles. The van der Waals surface area contributed by atoms with Gasteiger partial charge in [0.15, 0.2) is 0 Å². The SMILES string of the molecule is c1ccc(C2NN=C(c3cccc4ccccc34)S2)cc1. The second-order valence-corrected chi connectivity index (χ2v) is 6.08. The molecule has 0 radical (unpaired) electrons. The maximum atomic E-state index is 4.54. The third-order valence-corrected chi connectivity index (χ3v) is 4.78. The van der Waals surface area contributed by atoms with Gasteiger partial charge in [-0.15, -0.1) is 0 Å². The lowest BCUT2D eigenvalue weighted by Crippen LogP contribution is -2.05. The highest BCUT2D eigenvalue weighted by atomic mass is 32.2. The minimum absolute atomic E-state index is 0.195. The zero-order valence-electron chi connectivity index (χ0n) is 11.4. The summed E-state index contributed by atoms with van der Waals surface area (Å²) in [6.45, 7) is 0. The molecule has 1 unspecified atom stereocenters. The molecule has 3 heteroatoms. The van der Waals surface area contributed by atoms with E-state index in [-0.39, 0.29) is 5.37 Å². The first-order valence-corrected chi connectivity index (χ1v) is 7.83. The fourth-order valence-electron chi connectivity index (χ4n) is 2.59. The summed E-state index contributed by atoms with van der Waals surface area (Å²) in [4.78, 5) is 0. The van der Waals surface area contributed by atoms with Gasteiger partial charge in [-0.05, 0) is 16.3 Å². The second-order valence-electron chi connectivity index (χ2n) is 4.98. The summed E-state index contributed by atoms with van der Waals surface area (Å²) in [5.74, 6) is 0. The molecule has 2 nitrogen and oxygen atoms in total. The molecule has 1 aliphatic heterocycles. The Morgan fingerprint density at radius 1 is 0.810 bits per heavy atom. The molecule has 0 aromatic heterocycles. The summed E-state index contributed by atoms with van der Waals surface area (Å²) in [5, 5.41) is 8.30. The predicted molar refractivity (Wildman–Crippen MR) is 90.4 cm³/mol. The molecule has 21 heavy (non-hydrogen) atoms. The lowest BCUT2D eigenvalue weighted by atomic mass is 10.1. The lowest BCUT2D eigenvalue weighted by molar-refractivity contribution is 0.744. The Bertz CT molecular complexity index is 806. The van der Waals surface area contributed by atoms with Crippen molar-refractivity contribution in [3.05, 3.63) is 83.9 Å². The lowest BCUT2D eigenvalue weighted by Gasteiger charge is -2.09. The van der Waals surface area contributed by atoms with Crippen molar-refractivity contribution in [2.24, 2.45) is 5.10 Å². The highest BCUT2D eigenvalue weighted by molar-refractivity contribution is 8.14. The largest absolute Gasteiger partial charge is 0.291 e. The number of hydrogen-bond acceptors (Lipinski definition) is 3. The molecule has 3 aromatic carbocycles. The number of hydrazone groups is 1. The third-order valence-electron chi connectivity index (χ3n) is 3.64. The van der Waals surface area contributed by atoms with Gasteiger partial charge < -0.3 is 0 Å². The Morgan fingerprint density at radius 3 is 2.48 bits per heavy atom. The summed E-state index contributed by atoms with van der Waals surface area (Å²) < 4.78 is 0. The van der Waals surface area contributed by atoms with Crippen LogP contribution in [0.2, 0.25) is 0 Å². The molecule has 1 N–H and O–H groups in total. The van der Waals surface area contributed by atoms with Crippen LogP contribution in [0, 0.1) is 0 Å². The number of hydrogen-bond donors (Lipinski definition) is 1. The van der Waals surface area contributed by atoms with E-state index in [2.05, 4.69) is 77.3 Å². The molecule has 102 valence electrons. The summed E-state index contributed by atoms with van der Waals surface area (Å²) in [6, 6.07) is 25.2. The Labute approximate surface area is 127 Å². The molecule has 0 spiro atoms. The van der Waals surface area contributed by atoms with Gasteiger partial charge in [-0.3, -0.25) is 5.43 Å². The van der Waals surface area contributed by atoms with Gasteiger partial charge in [0.1, 0.15) is 10.4 Å². The Morgan fingerprint density at radius 2 is 1.57 bits per heavy atom. The quantitative estimate of drug-likeness (QED) is 0.749. The van der Waals surface area contributed by atoms with Crippen molar-refractivity contribution < 1.29 is 0 Å². The van der Waals surface area contributed by atoms with E-state index in [0.29, 0.717) is 0 Å². The molecule has 1 heterocycles. The van der Waals surface area contributed by atoms with Crippen LogP contribution in [0.1, 0.15) is 16.5 Å². The normalized spacial score (nSPS) is 17.5. The first-order chi connectivity index (χ1) is 10.4. The molecule has 4 rings (SSSR count). The summed E-state index contributed by atoms with van der Waals surface area (Å²) in [5.41, 5.74) is 5.69. The van der Waals surface area contributed by atoms with Gasteiger partial charge >= 0.3 is 0 Å². The van der Waals surface area contributed by atoms with E-state index in [1.165, 1.54) is 21.9 Å². The first-order valence-electron chi connectivity index (χ1n) is 6.95. The van der Waals surface area contributed by atoms with Crippen molar-refractivity contribution in [3.8, 4) is 0 Å². The molecule has 1 aliphatic rings. The predicted octanol–water partition coefficient (Wildman–Crippen LogP) is 4.54. The van der Waals surface area contributed by atoms with Crippen molar-refractivity contribution in [1.82, 2.24) is 5.43 Å². The van der Waals surface area contributed by atoms with Crippen LogP contribution in [0.25, 0.3) is 10.8 Å². The second kappa shape index (κ2) is 5.26. The number of rotatable bonds is 2. The summed E-state index contributed by atoms with van der Waals surface area (Å²) in [6.07, 6.45) is 0. The standard InChI is InChI=1S/C18H14N2S/c1-2-8-14(9-3-1)17-19-20-18(21-17)16-12-6-10-13-7-4-5-11-15(13)16/h1-12,17,19H. The van der Waals surface area contributed by atoms with Crippen LogP contribution in [0.3, 0.4) is 0 Å². The van der Waals surface area contributed by atoms with E-state index < -0.39 is 0 Å². The zero-order valence-corrected chi connectivity index (χ0v) is 12.2. The molecular formula is C18H14N2S. The van der Waals surface area contributed by atoms with Crippen molar-refractivity contribution >= 4 is 27.6 Å². The molecule has 0 fully saturated rings. The van der Waals surface area contributed by atoms with E-state index in [0.717, 1.165) is 5.04 Å². The van der Waals surface area contributed by atoms with Crippen LogP contribution >= 0.6 is 11.8 Å². The number of thioether (sulfide) groups is 1. The van der Waals surface area contributed by atoms with Crippen LogP contribution in [0.4, 0.5) is 0 Å². The van der Waals surface area contributed by atoms with Crippen molar-refractivity contribution in [2.45, 2.75) is 5.37 Å². The Kier molecular flexibility index (Phi) is 3.13. The van der Waals surface area contributed by atoms with Crippen LogP contribution in [-0.2, 0) is 0 Å². The summed E-state index contributed by atoms with van der Waals surface area (Å²) in [7, 11) is 0. The molecule has 1 atom stereocenters. The smallest absolute Gasteiger partial charge is 0.126 e. The highest BCUT2D eigenvalue weighted by Crippen LogP contribution is 2.35. The van der Waals surface area contributed by atoms with Gasteiger partial charge in [-0.2, -0.15) is 5.10 Å². The fraction of sp³-hybridized carbons (Fsp3) is 0.0556. The third kappa shape index (κ3) is 2.30. The monoisotopic (exact) mass is 290 g/mol. The van der Waals surface area contributed by atoms with Crippen LogP contribution in [0.5, 0.6) is 0 Å². The van der Waals surface area contributed by atoms with E-state index in [4.69, 9.17) is 0 Å². The number of nitrogens with zero attached hydrogens (tertiary/aromatic N) is 1. The average molecular weight is 290 g/mol. The zero-order chi connectivity index (χ0) is 14.1. The number of benzene rings is 3. The van der Waals surface area contributed by atoms with Gasteiger partial charge in [0.2, 0.25) is 0 Å². The van der Waals surface area contributed by atoms with Gasteiger partial charge in [0.05, 0.1) is 0 Å². The van der Waals surface area contributed by atoms with Crippen LogP contribution < -0.4 is 5.43 Å². The number of nitrogens with one attached hydrogen (secondary N) is 1. The van der Waals surface area contributed by atoms with E-state index in [1.54, 1.807) is 11.8 Å². The van der Waals surface area contributed by atoms with Gasteiger partial charge in [-0.25, -0.2) is 0 Å². The van der Waals surface area contributed by atoms with Gasteiger partial charge in [0, 0.05) is 5.56 Å². The maximum Gasteiger partial charge on any atom is 0.126 e. The molecule has 0 saturated carbocycles. The van der Waals surface area contributed by atoms with Crippen molar-refractivity contribution in [1.29, 1.82) is 0 Å². The molecule has 0 bridgehead atoms. The first kappa shape index (κ1) is 12.5. The minimum atomic E-state index is 0.195. The van der Waals surface area contributed by atoms with Crippen molar-refractivity contribution in [2.75, 3.05) is 0 Å². The van der Waals surface area contributed by atoms with Gasteiger partial charge in [-0.1, -0.05) is 84.6 Å². The average Bonchev–Trinajstić information content (AvgIpc) is 3.05. The van der Waals surface area contributed by atoms with Gasteiger partial charge in [0.25, 0.3) is 0 Å². The molecular weight excluding hydrogens is 276 g/mol. The molecule has 3 aromatic rings. The fourth-order valence-corrected chi connectivity index (χ4v) is 3.62. The maximum absolute atomic E-state index is 4.54. The van der Waals surface area contributed by atoms with Crippen LogP contribution in [0.15, 0.2) is 77.9 Å². The highest BCUT2D eigenvalue weighted by Gasteiger charge is 2.22. The van der Waals surface area contributed by atoms with Crippen LogP contribution in [-0.4, -0.2) is 5.04 Å². The Balaban J connectivity index is 1.69. The molecule has 0 amide bonds. The number of fused-ring (bicyclic) bond motifs is 1. The Hall–Kier alpha value is -2.26. The van der Waals surface area contributed by atoms with E-state index in [9.17, 15) is 0 Å². The molecule has 0 aliphatic carbocycles. The van der Waals surface area contributed by atoms with E-state index in [1.807, 2.05) is 6.07 Å². The summed E-state index contributed by atoms with van der Waals surface area (Å²) >= 11 is 1.77. The van der Waals surface area contributed by atoms with Crippen molar-refractivity contribution in [3.63, 3.8) is 0 Å². The minimum Gasteiger partial charge on any atom is -0.291 e. The topological polar surface area (TPSA) is 24.4 Å². The van der Waals surface area contributed by atoms with E-state index >= 15 is 0 Å².